The van der Waals surface area contributed by atoms with E-state index in [9.17, 15) is 4.79 Å². The van der Waals surface area contributed by atoms with E-state index in [4.69, 9.17) is 4.74 Å². The van der Waals surface area contributed by atoms with Gasteiger partial charge in [0.05, 0.1) is 6.04 Å². The quantitative estimate of drug-likeness (QED) is 0.820. The number of para-hydroxylation sites is 1. The van der Waals surface area contributed by atoms with Gasteiger partial charge in [-0.1, -0.05) is 31.2 Å². The minimum absolute atomic E-state index is 0.0538. The van der Waals surface area contributed by atoms with Gasteiger partial charge < -0.3 is 10.1 Å². The number of nitrogens with zero attached hydrogens (tertiary/aromatic N) is 1. The molecule has 5 heteroatoms. The largest absolute Gasteiger partial charge is 0.484 e. The number of hydrogen-bond acceptors (Lipinski definition) is 4. The third-order valence-electron chi connectivity index (χ3n) is 4.74. The van der Waals surface area contributed by atoms with Crippen LogP contribution >= 0.6 is 11.3 Å². The third-order valence-corrected chi connectivity index (χ3v) is 5.71. The molecule has 4 nitrogen and oxygen atoms in total. The summed E-state index contributed by atoms with van der Waals surface area (Å²) in [4.78, 5) is 16.0. The molecule has 25 heavy (non-hydrogen) atoms. The Bertz CT molecular complexity index is 637. The minimum Gasteiger partial charge on any atom is -0.484 e. The molecule has 1 saturated heterocycles. The van der Waals surface area contributed by atoms with Crippen molar-refractivity contribution in [3.8, 4) is 5.75 Å². The number of piperidine rings is 1. The molecule has 1 N–H and O–H groups in total. The van der Waals surface area contributed by atoms with E-state index in [2.05, 4.69) is 34.7 Å². The van der Waals surface area contributed by atoms with E-state index in [0.717, 1.165) is 24.8 Å². The van der Waals surface area contributed by atoms with Gasteiger partial charge in [0.15, 0.2) is 6.61 Å². The van der Waals surface area contributed by atoms with E-state index in [1.54, 1.807) is 11.3 Å². The van der Waals surface area contributed by atoms with Crippen molar-refractivity contribution in [2.24, 2.45) is 5.92 Å². The summed E-state index contributed by atoms with van der Waals surface area (Å²) in [7, 11) is 0. The fourth-order valence-corrected chi connectivity index (χ4v) is 4.02. The van der Waals surface area contributed by atoms with Gasteiger partial charge in [-0.25, -0.2) is 0 Å². The van der Waals surface area contributed by atoms with Crippen LogP contribution in [-0.4, -0.2) is 37.0 Å². The van der Waals surface area contributed by atoms with E-state index in [-0.39, 0.29) is 18.6 Å². The lowest BCUT2D eigenvalue weighted by molar-refractivity contribution is -0.123. The molecule has 0 radical (unpaired) electrons. The molecule has 0 aliphatic carbocycles. The van der Waals surface area contributed by atoms with E-state index in [0.29, 0.717) is 6.54 Å². The van der Waals surface area contributed by atoms with Gasteiger partial charge in [-0.05, 0) is 55.4 Å². The van der Waals surface area contributed by atoms with E-state index >= 15 is 0 Å². The molecule has 3 rings (SSSR count). The molecule has 1 aromatic heterocycles. The van der Waals surface area contributed by atoms with Crippen LogP contribution in [-0.2, 0) is 4.79 Å². The summed E-state index contributed by atoms with van der Waals surface area (Å²) in [6, 6.07) is 14.0. The van der Waals surface area contributed by atoms with E-state index in [1.165, 1.54) is 17.7 Å². The Morgan fingerprint density at radius 1 is 1.24 bits per heavy atom. The molecule has 1 aromatic carbocycles. The molecule has 1 aliphatic heterocycles. The standard InChI is InChI=1S/C20H26N2O2S/c1-16-9-11-22(12-10-16)18(19-8-5-13-25-19)14-21-20(23)15-24-17-6-3-2-4-7-17/h2-8,13,16,18H,9-12,14-15H2,1H3,(H,21,23)/t18-/m1/s1. The monoisotopic (exact) mass is 358 g/mol. The number of hydrogen-bond donors (Lipinski definition) is 1. The highest BCUT2D eigenvalue weighted by Crippen LogP contribution is 2.29. The molecule has 0 bridgehead atoms. The lowest BCUT2D eigenvalue weighted by Crippen LogP contribution is -2.42. The molecular weight excluding hydrogens is 332 g/mol. The lowest BCUT2D eigenvalue weighted by Gasteiger charge is -2.36. The Morgan fingerprint density at radius 3 is 2.68 bits per heavy atom. The Kier molecular flexibility index (Phi) is 6.48. The molecule has 0 saturated carbocycles. The Morgan fingerprint density at radius 2 is 2.00 bits per heavy atom. The van der Waals surface area contributed by atoms with Crippen molar-refractivity contribution < 1.29 is 9.53 Å². The first kappa shape index (κ1) is 18.0. The number of thiophene rings is 1. The highest BCUT2D eigenvalue weighted by molar-refractivity contribution is 7.10. The summed E-state index contributed by atoms with van der Waals surface area (Å²) < 4.78 is 5.53. The van der Waals surface area contributed by atoms with E-state index < -0.39 is 0 Å². The zero-order valence-electron chi connectivity index (χ0n) is 14.7. The van der Waals surface area contributed by atoms with Crippen molar-refractivity contribution in [3.63, 3.8) is 0 Å². The van der Waals surface area contributed by atoms with Crippen molar-refractivity contribution in [2.75, 3.05) is 26.2 Å². The second-order valence-corrected chi connectivity index (χ2v) is 7.63. The second kappa shape index (κ2) is 9.02. The maximum absolute atomic E-state index is 12.2. The number of ether oxygens (including phenoxy) is 1. The van der Waals surface area contributed by atoms with Gasteiger partial charge >= 0.3 is 0 Å². The summed E-state index contributed by atoms with van der Waals surface area (Å²) in [5.74, 6) is 1.45. The van der Waals surface area contributed by atoms with Gasteiger partial charge in [-0.3, -0.25) is 9.69 Å². The number of likely N-dealkylation sites (tertiary alicyclic amines) is 1. The van der Waals surface area contributed by atoms with Crippen LogP contribution in [0.2, 0.25) is 0 Å². The molecule has 2 heterocycles. The molecule has 1 atom stereocenters. The molecule has 1 aliphatic rings. The average molecular weight is 359 g/mol. The van der Waals surface area contributed by atoms with Gasteiger partial charge in [0.2, 0.25) is 0 Å². The highest BCUT2D eigenvalue weighted by Gasteiger charge is 2.25. The maximum Gasteiger partial charge on any atom is 0.258 e. The van der Waals surface area contributed by atoms with Crippen LogP contribution in [0.1, 0.15) is 30.7 Å². The summed E-state index contributed by atoms with van der Waals surface area (Å²) in [6.07, 6.45) is 2.46. The predicted molar refractivity (Wildman–Crippen MR) is 102 cm³/mol. The van der Waals surface area contributed by atoms with Crippen molar-refractivity contribution in [2.45, 2.75) is 25.8 Å². The first-order valence-corrected chi connectivity index (χ1v) is 9.82. The Labute approximate surface area is 153 Å². The zero-order chi connectivity index (χ0) is 17.5. The molecule has 2 aromatic rings. The van der Waals surface area contributed by atoms with Gasteiger partial charge in [0, 0.05) is 11.4 Å². The highest BCUT2D eigenvalue weighted by atomic mass is 32.1. The SMILES string of the molecule is CC1CCN([C@H](CNC(=O)COc2ccccc2)c2cccs2)CC1. The first-order valence-electron chi connectivity index (χ1n) is 8.94. The van der Waals surface area contributed by atoms with Crippen LogP contribution in [0.15, 0.2) is 47.8 Å². The van der Waals surface area contributed by atoms with E-state index in [1.807, 2.05) is 30.3 Å². The Balaban J connectivity index is 1.52. The smallest absolute Gasteiger partial charge is 0.258 e. The summed E-state index contributed by atoms with van der Waals surface area (Å²) >= 11 is 1.76. The molecule has 0 spiro atoms. The fourth-order valence-electron chi connectivity index (χ4n) is 3.16. The summed E-state index contributed by atoms with van der Waals surface area (Å²) in [5, 5.41) is 5.16. The van der Waals surface area contributed by atoms with Gasteiger partial charge in [0.25, 0.3) is 5.91 Å². The zero-order valence-corrected chi connectivity index (χ0v) is 15.5. The molecule has 0 unspecified atom stereocenters. The summed E-state index contributed by atoms with van der Waals surface area (Å²) in [5.41, 5.74) is 0. The molecular formula is C20H26N2O2S. The van der Waals surface area contributed by atoms with Crippen LogP contribution in [0.4, 0.5) is 0 Å². The first-order chi connectivity index (χ1) is 12.2. The number of carbonyl (C=O) groups is 1. The normalized spacial score (nSPS) is 17.2. The van der Waals surface area contributed by atoms with Crippen LogP contribution in [0.25, 0.3) is 0 Å². The number of rotatable bonds is 7. The molecule has 1 amide bonds. The number of amides is 1. The predicted octanol–water partition coefficient (Wildman–Crippen LogP) is 3.72. The fraction of sp³-hybridized carbons (Fsp3) is 0.450. The summed E-state index contributed by atoms with van der Waals surface area (Å²) in [6.45, 7) is 5.20. The minimum atomic E-state index is -0.0733. The van der Waals surface area contributed by atoms with Crippen molar-refractivity contribution >= 4 is 17.2 Å². The van der Waals surface area contributed by atoms with Gasteiger partial charge in [-0.2, -0.15) is 0 Å². The third kappa shape index (κ3) is 5.31. The van der Waals surface area contributed by atoms with Crippen molar-refractivity contribution in [3.05, 3.63) is 52.7 Å². The topological polar surface area (TPSA) is 41.6 Å². The maximum atomic E-state index is 12.2. The van der Waals surface area contributed by atoms with Crippen LogP contribution in [0, 0.1) is 5.92 Å². The Hall–Kier alpha value is -1.85. The van der Waals surface area contributed by atoms with Crippen molar-refractivity contribution in [1.82, 2.24) is 10.2 Å². The second-order valence-electron chi connectivity index (χ2n) is 6.66. The number of benzene rings is 1. The number of carbonyl (C=O) groups excluding carboxylic acids is 1. The molecule has 1 fully saturated rings. The average Bonchev–Trinajstić information content (AvgIpc) is 3.17. The van der Waals surface area contributed by atoms with Crippen LogP contribution in [0.5, 0.6) is 5.75 Å². The lowest BCUT2D eigenvalue weighted by atomic mass is 9.97. The van der Waals surface area contributed by atoms with Crippen LogP contribution in [0.3, 0.4) is 0 Å². The number of nitrogens with one attached hydrogen (secondary N) is 1. The van der Waals surface area contributed by atoms with Crippen molar-refractivity contribution in [1.29, 1.82) is 0 Å². The van der Waals surface area contributed by atoms with Crippen LogP contribution < -0.4 is 10.1 Å². The van der Waals surface area contributed by atoms with Gasteiger partial charge in [-0.15, -0.1) is 11.3 Å². The van der Waals surface area contributed by atoms with Gasteiger partial charge in [0.1, 0.15) is 5.75 Å². The molecule has 134 valence electrons.